The number of carboxylic acids is 1. The van der Waals surface area contributed by atoms with Gasteiger partial charge in [0.15, 0.2) is 0 Å². The quantitative estimate of drug-likeness (QED) is 0.706. The molecule has 0 atom stereocenters. The number of unbranched alkanes of at least 4 members (excludes halogenated alkanes) is 2. The molecule has 18 heavy (non-hydrogen) atoms. The smallest absolute Gasteiger partial charge is 0.335 e. The minimum atomic E-state index is -0.865. The van der Waals surface area contributed by atoms with E-state index in [9.17, 15) is 4.79 Å². The Morgan fingerprint density at radius 1 is 1.33 bits per heavy atom. The molecule has 0 aliphatic rings. The third-order valence-electron chi connectivity index (χ3n) is 2.81. The first-order chi connectivity index (χ1) is 8.65. The molecule has 0 fully saturated rings. The van der Waals surface area contributed by atoms with E-state index in [1.54, 1.807) is 6.07 Å². The molecule has 0 amide bonds. The van der Waals surface area contributed by atoms with E-state index in [4.69, 9.17) is 5.11 Å². The van der Waals surface area contributed by atoms with Crippen molar-refractivity contribution in [3.63, 3.8) is 0 Å². The van der Waals surface area contributed by atoms with Gasteiger partial charge in [-0.15, -0.1) is 0 Å². The lowest BCUT2D eigenvalue weighted by atomic mass is 10.1. The topological polar surface area (TPSA) is 49.3 Å². The summed E-state index contributed by atoms with van der Waals surface area (Å²) in [5, 5.41) is 12.3. The maximum absolute atomic E-state index is 10.9. The van der Waals surface area contributed by atoms with Gasteiger partial charge in [-0.05, 0) is 55.5 Å². The molecule has 3 nitrogen and oxygen atoms in total. The van der Waals surface area contributed by atoms with Gasteiger partial charge in [0, 0.05) is 12.2 Å². The summed E-state index contributed by atoms with van der Waals surface area (Å²) in [7, 11) is 0. The van der Waals surface area contributed by atoms with E-state index in [0.717, 1.165) is 24.2 Å². The number of carbonyl (C=O) groups is 1. The molecule has 0 saturated carbocycles. The van der Waals surface area contributed by atoms with Crippen molar-refractivity contribution in [2.24, 2.45) is 0 Å². The molecular formula is C14H21NO2S. The van der Waals surface area contributed by atoms with E-state index in [2.05, 4.69) is 11.6 Å². The fourth-order valence-electron chi connectivity index (χ4n) is 1.79. The van der Waals surface area contributed by atoms with Crippen molar-refractivity contribution < 1.29 is 9.90 Å². The summed E-state index contributed by atoms with van der Waals surface area (Å²) >= 11 is 1.89. The molecule has 0 aliphatic heterocycles. The van der Waals surface area contributed by atoms with Gasteiger partial charge in [-0.25, -0.2) is 4.79 Å². The predicted molar refractivity (Wildman–Crippen MR) is 78.9 cm³/mol. The van der Waals surface area contributed by atoms with E-state index in [-0.39, 0.29) is 0 Å². The third kappa shape index (κ3) is 5.00. The Labute approximate surface area is 113 Å². The molecule has 0 aromatic heterocycles. The van der Waals surface area contributed by atoms with Gasteiger partial charge in [-0.3, -0.25) is 0 Å². The highest BCUT2D eigenvalue weighted by atomic mass is 32.2. The molecule has 0 radical (unpaired) electrons. The summed E-state index contributed by atoms with van der Waals surface area (Å²) in [6.45, 7) is 2.77. The van der Waals surface area contributed by atoms with Gasteiger partial charge in [0.1, 0.15) is 0 Å². The van der Waals surface area contributed by atoms with Crippen LogP contribution in [0.4, 0.5) is 5.69 Å². The number of hydrogen-bond donors (Lipinski definition) is 2. The Hall–Kier alpha value is -1.16. The fourth-order valence-corrected chi connectivity index (χ4v) is 2.29. The van der Waals surface area contributed by atoms with Crippen LogP contribution in [0.3, 0.4) is 0 Å². The maximum atomic E-state index is 10.9. The molecule has 1 aromatic rings. The average Bonchev–Trinajstić information content (AvgIpc) is 2.33. The molecule has 0 bridgehead atoms. The number of nitrogens with one attached hydrogen (secondary N) is 1. The van der Waals surface area contributed by atoms with Crippen LogP contribution in [0.1, 0.15) is 35.2 Å². The zero-order valence-corrected chi connectivity index (χ0v) is 11.8. The van der Waals surface area contributed by atoms with E-state index >= 15 is 0 Å². The van der Waals surface area contributed by atoms with Crippen LogP contribution in [0, 0.1) is 6.92 Å². The second-order valence-corrected chi connectivity index (χ2v) is 5.30. The number of aryl methyl sites for hydroxylation is 1. The van der Waals surface area contributed by atoms with Crippen LogP contribution in [0.15, 0.2) is 18.2 Å². The molecule has 0 unspecified atom stereocenters. The van der Waals surface area contributed by atoms with Crippen molar-refractivity contribution in [3.8, 4) is 0 Å². The first-order valence-electron chi connectivity index (χ1n) is 6.22. The molecule has 1 aromatic carbocycles. The van der Waals surface area contributed by atoms with E-state index < -0.39 is 5.97 Å². The van der Waals surface area contributed by atoms with Crippen molar-refractivity contribution in [2.75, 3.05) is 23.9 Å². The number of hydrogen-bond acceptors (Lipinski definition) is 3. The largest absolute Gasteiger partial charge is 0.478 e. The Balaban J connectivity index is 2.35. The normalized spacial score (nSPS) is 10.3. The summed E-state index contributed by atoms with van der Waals surface area (Å²) < 4.78 is 0. The van der Waals surface area contributed by atoms with Gasteiger partial charge in [0.25, 0.3) is 0 Å². The van der Waals surface area contributed by atoms with E-state index in [0.29, 0.717) is 5.56 Å². The number of aromatic carboxylic acids is 1. The highest BCUT2D eigenvalue weighted by Gasteiger charge is 2.06. The summed E-state index contributed by atoms with van der Waals surface area (Å²) in [5.41, 5.74) is 2.18. The van der Waals surface area contributed by atoms with E-state index in [1.165, 1.54) is 18.6 Å². The Morgan fingerprint density at radius 3 is 2.72 bits per heavy atom. The number of anilines is 1. The summed E-state index contributed by atoms with van der Waals surface area (Å²) in [6.07, 6.45) is 5.78. The second-order valence-electron chi connectivity index (χ2n) is 4.32. The molecule has 0 aliphatic carbocycles. The fraction of sp³-hybridized carbons (Fsp3) is 0.500. The molecule has 0 saturated heterocycles. The SMILES string of the molecule is CSCCCCCNc1ccc(C(=O)O)c(C)c1. The van der Waals surface area contributed by atoms with Crippen LogP contribution in [0.5, 0.6) is 0 Å². The lowest BCUT2D eigenvalue weighted by molar-refractivity contribution is 0.0696. The van der Waals surface area contributed by atoms with Crippen LogP contribution in [0.2, 0.25) is 0 Å². The molecular weight excluding hydrogens is 246 g/mol. The second kappa shape index (κ2) is 8.03. The lowest BCUT2D eigenvalue weighted by Crippen LogP contribution is -2.04. The lowest BCUT2D eigenvalue weighted by Gasteiger charge is -2.08. The molecule has 100 valence electrons. The van der Waals surface area contributed by atoms with Gasteiger partial charge in [0.05, 0.1) is 5.56 Å². The average molecular weight is 267 g/mol. The van der Waals surface area contributed by atoms with Crippen molar-refractivity contribution in [1.29, 1.82) is 0 Å². The minimum absolute atomic E-state index is 0.375. The molecule has 0 spiro atoms. The first-order valence-corrected chi connectivity index (χ1v) is 7.61. The van der Waals surface area contributed by atoms with Crippen molar-refractivity contribution in [2.45, 2.75) is 26.2 Å². The van der Waals surface area contributed by atoms with Crippen molar-refractivity contribution in [3.05, 3.63) is 29.3 Å². The number of carboxylic acid groups (broad SMARTS) is 1. The number of rotatable bonds is 8. The first kappa shape index (κ1) is 14.9. The monoisotopic (exact) mass is 267 g/mol. The summed E-state index contributed by atoms with van der Waals surface area (Å²) in [4.78, 5) is 10.9. The van der Waals surface area contributed by atoms with Crippen LogP contribution in [-0.2, 0) is 0 Å². The van der Waals surface area contributed by atoms with Crippen LogP contribution >= 0.6 is 11.8 Å². The predicted octanol–water partition coefficient (Wildman–Crippen LogP) is 3.64. The number of thioether (sulfide) groups is 1. The van der Waals surface area contributed by atoms with Crippen molar-refractivity contribution in [1.82, 2.24) is 0 Å². The maximum Gasteiger partial charge on any atom is 0.335 e. The van der Waals surface area contributed by atoms with Gasteiger partial charge >= 0.3 is 5.97 Å². The molecule has 2 N–H and O–H groups in total. The van der Waals surface area contributed by atoms with Gasteiger partial charge < -0.3 is 10.4 Å². The van der Waals surface area contributed by atoms with Crippen LogP contribution in [0.25, 0.3) is 0 Å². The van der Waals surface area contributed by atoms with Gasteiger partial charge in [-0.1, -0.05) is 6.42 Å². The number of benzene rings is 1. The Morgan fingerprint density at radius 2 is 2.11 bits per heavy atom. The standard InChI is InChI=1S/C14H21NO2S/c1-11-10-12(6-7-13(11)14(16)17)15-8-4-3-5-9-18-2/h6-7,10,15H,3-5,8-9H2,1-2H3,(H,16,17). The molecule has 1 rings (SSSR count). The van der Waals surface area contributed by atoms with Crippen LogP contribution < -0.4 is 5.32 Å². The zero-order valence-electron chi connectivity index (χ0n) is 11.0. The van der Waals surface area contributed by atoms with E-state index in [1.807, 2.05) is 30.8 Å². The Kier molecular flexibility index (Phi) is 6.65. The molecule has 4 heteroatoms. The van der Waals surface area contributed by atoms with Gasteiger partial charge in [0.2, 0.25) is 0 Å². The third-order valence-corrected chi connectivity index (χ3v) is 3.51. The van der Waals surface area contributed by atoms with Crippen molar-refractivity contribution >= 4 is 23.4 Å². The highest BCUT2D eigenvalue weighted by Crippen LogP contribution is 2.15. The Bertz CT molecular complexity index is 393. The molecule has 0 heterocycles. The van der Waals surface area contributed by atoms with Gasteiger partial charge in [-0.2, -0.15) is 11.8 Å². The minimum Gasteiger partial charge on any atom is -0.478 e. The highest BCUT2D eigenvalue weighted by molar-refractivity contribution is 7.98. The summed E-state index contributed by atoms with van der Waals surface area (Å²) in [6, 6.07) is 5.39. The summed E-state index contributed by atoms with van der Waals surface area (Å²) in [5.74, 6) is 0.364. The zero-order chi connectivity index (χ0) is 13.4. The van der Waals surface area contributed by atoms with Crippen LogP contribution in [-0.4, -0.2) is 29.6 Å².